The van der Waals surface area contributed by atoms with E-state index in [0.29, 0.717) is 5.56 Å². The minimum atomic E-state index is 0.656. The van der Waals surface area contributed by atoms with Crippen LogP contribution in [0.4, 0.5) is 0 Å². The highest BCUT2D eigenvalue weighted by atomic mass is 32.2. The third kappa shape index (κ3) is 4.16. The van der Waals surface area contributed by atoms with Crippen molar-refractivity contribution in [1.82, 2.24) is 0 Å². The molecule has 86 valence electrons. The lowest BCUT2D eigenvalue weighted by molar-refractivity contribution is 0.316. The normalized spacial score (nSPS) is 9.81. The van der Waals surface area contributed by atoms with Gasteiger partial charge in [-0.3, -0.25) is 0 Å². The quantitative estimate of drug-likeness (QED) is 0.709. The SMILES string of the molecule is CCSCCCOc1cc(C#N)ccc1C. The average molecular weight is 235 g/mol. The lowest BCUT2D eigenvalue weighted by Gasteiger charge is -2.08. The summed E-state index contributed by atoms with van der Waals surface area (Å²) >= 11 is 1.92. The van der Waals surface area contributed by atoms with E-state index in [1.54, 1.807) is 0 Å². The van der Waals surface area contributed by atoms with Gasteiger partial charge in [-0.1, -0.05) is 13.0 Å². The maximum Gasteiger partial charge on any atom is 0.123 e. The van der Waals surface area contributed by atoms with Crippen LogP contribution in [0.3, 0.4) is 0 Å². The summed E-state index contributed by atoms with van der Waals surface area (Å²) in [4.78, 5) is 0. The first-order chi connectivity index (χ1) is 7.77. The molecule has 0 bridgehead atoms. The first-order valence-electron chi connectivity index (χ1n) is 5.49. The van der Waals surface area contributed by atoms with Crippen LogP contribution in [-0.2, 0) is 0 Å². The Hall–Kier alpha value is -1.14. The van der Waals surface area contributed by atoms with E-state index >= 15 is 0 Å². The Bertz CT molecular complexity index is 371. The van der Waals surface area contributed by atoms with Gasteiger partial charge in [0.1, 0.15) is 5.75 Å². The van der Waals surface area contributed by atoms with Crippen molar-refractivity contribution in [1.29, 1.82) is 5.26 Å². The Morgan fingerprint density at radius 3 is 2.94 bits per heavy atom. The predicted octanol–water partition coefficient (Wildman–Crippen LogP) is 3.39. The molecule has 1 rings (SSSR count). The molecule has 1 aromatic rings. The van der Waals surface area contributed by atoms with Gasteiger partial charge in [-0.15, -0.1) is 0 Å². The van der Waals surface area contributed by atoms with Crippen molar-refractivity contribution in [2.45, 2.75) is 20.3 Å². The Morgan fingerprint density at radius 1 is 1.44 bits per heavy atom. The summed E-state index contributed by atoms with van der Waals surface area (Å²) in [5.74, 6) is 3.12. The van der Waals surface area contributed by atoms with Crippen molar-refractivity contribution in [3.05, 3.63) is 29.3 Å². The second-order valence-corrected chi connectivity index (χ2v) is 4.88. The van der Waals surface area contributed by atoms with Gasteiger partial charge < -0.3 is 4.74 Å². The van der Waals surface area contributed by atoms with Crippen molar-refractivity contribution in [2.75, 3.05) is 18.1 Å². The average Bonchev–Trinajstić information content (AvgIpc) is 2.31. The van der Waals surface area contributed by atoms with Crippen LogP contribution in [0.1, 0.15) is 24.5 Å². The first kappa shape index (κ1) is 12.9. The van der Waals surface area contributed by atoms with Crippen LogP contribution in [0.2, 0.25) is 0 Å². The van der Waals surface area contributed by atoms with Gasteiger partial charge in [0.05, 0.1) is 18.2 Å². The smallest absolute Gasteiger partial charge is 0.123 e. The van der Waals surface area contributed by atoms with Crippen molar-refractivity contribution < 1.29 is 4.74 Å². The molecule has 0 amide bonds. The molecule has 1 aromatic carbocycles. The van der Waals surface area contributed by atoms with Crippen LogP contribution in [0, 0.1) is 18.3 Å². The van der Waals surface area contributed by atoms with Crippen molar-refractivity contribution in [2.24, 2.45) is 0 Å². The summed E-state index contributed by atoms with van der Waals surface area (Å²) in [6.07, 6.45) is 1.05. The zero-order valence-electron chi connectivity index (χ0n) is 9.82. The van der Waals surface area contributed by atoms with Gasteiger partial charge in [-0.25, -0.2) is 0 Å². The Labute approximate surface area is 102 Å². The second kappa shape index (κ2) is 7.19. The molecular formula is C13H17NOS. The number of benzene rings is 1. The second-order valence-electron chi connectivity index (χ2n) is 3.49. The number of thioether (sulfide) groups is 1. The van der Waals surface area contributed by atoms with Crippen LogP contribution in [0.25, 0.3) is 0 Å². The highest BCUT2D eigenvalue weighted by Gasteiger charge is 2.01. The van der Waals surface area contributed by atoms with Crippen LogP contribution in [-0.4, -0.2) is 18.1 Å². The van der Waals surface area contributed by atoms with Crippen molar-refractivity contribution in [3.8, 4) is 11.8 Å². The zero-order chi connectivity index (χ0) is 11.8. The molecule has 0 heterocycles. The van der Waals surface area contributed by atoms with E-state index in [1.165, 1.54) is 0 Å². The topological polar surface area (TPSA) is 33.0 Å². The summed E-state index contributed by atoms with van der Waals surface area (Å²) in [6.45, 7) is 4.88. The number of nitrogens with zero attached hydrogens (tertiary/aromatic N) is 1. The van der Waals surface area contributed by atoms with E-state index in [1.807, 2.05) is 36.9 Å². The molecule has 3 heteroatoms. The Kier molecular flexibility index (Phi) is 5.81. The van der Waals surface area contributed by atoms with E-state index in [-0.39, 0.29) is 0 Å². The summed E-state index contributed by atoms with van der Waals surface area (Å²) in [5, 5.41) is 8.79. The van der Waals surface area contributed by atoms with Gasteiger partial charge in [0.25, 0.3) is 0 Å². The highest BCUT2D eigenvalue weighted by molar-refractivity contribution is 7.99. The lowest BCUT2D eigenvalue weighted by Crippen LogP contribution is -2.00. The van der Waals surface area contributed by atoms with Gasteiger partial charge in [0.2, 0.25) is 0 Å². The molecule has 16 heavy (non-hydrogen) atoms. The lowest BCUT2D eigenvalue weighted by atomic mass is 10.1. The van der Waals surface area contributed by atoms with Crippen LogP contribution >= 0.6 is 11.8 Å². The summed E-state index contributed by atoms with van der Waals surface area (Å²) < 4.78 is 5.66. The standard InChI is InChI=1S/C13H17NOS/c1-3-16-8-4-7-15-13-9-12(10-14)6-5-11(13)2/h5-6,9H,3-4,7-8H2,1-2H3. The molecule has 2 nitrogen and oxygen atoms in total. The molecule has 0 N–H and O–H groups in total. The van der Waals surface area contributed by atoms with E-state index in [4.69, 9.17) is 10.00 Å². The summed E-state index contributed by atoms with van der Waals surface area (Å²) in [5.41, 5.74) is 1.74. The van der Waals surface area contributed by atoms with Gasteiger partial charge >= 0.3 is 0 Å². The Balaban J connectivity index is 2.44. The number of rotatable bonds is 6. The molecule has 0 unspecified atom stereocenters. The van der Waals surface area contributed by atoms with Crippen LogP contribution < -0.4 is 4.74 Å². The largest absolute Gasteiger partial charge is 0.493 e. The molecule has 0 radical (unpaired) electrons. The zero-order valence-corrected chi connectivity index (χ0v) is 10.6. The molecule has 0 saturated carbocycles. The van der Waals surface area contributed by atoms with E-state index < -0.39 is 0 Å². The predicted molar refractivity (Wildman–Crippen MR) is 69.0 cm³/mol. The maximum absolute atomic E-state index is 8.79. The highest BCUT2D eigenvalue weighted by Crippen LogP contribution is 2.19. The van der Waals surface area contributed by atoms with Gasteiger partial charge in [0.15, 0.2) is 0 Å². The third-order valence-electron chi connectivity index (χ3n) is 2.21. The molecule has 0 saturated heterocycles. The molecule has 0 aliphatic heterocycles. The van der Waals surface area contributed by atoms with Crippen LogP contribution in [0.5, 0.6) is 5.75 Å². The third-order valence-corrected chi connectivity index (χ3v) is 3.20. The summed E-state index contributed by atoms with van der Waals surface area (Å²) in [6, 6.07) is 7.67. The fraction of sp³-hybridized carbons (Fsp3) is 0.462. The van der Waals surface area contributed by atoms with E-state index in [2.05, 4.69) is 13.0 Å². The molecule has 0 fully saturated rings. The van der Waals surface area contributed by atoms with Crippen LogP contribution in [0.15, 0.2) is 18.2 Å². The molecule has 0 spiro atoms. The van der Waals surface area contributed by atoms with Gasteiger partial charge in [-0.05, 0) is 42.5 Å². The van der Waals surface area contributed by atoms with E-state index in [0.717, 1.165) is 35.8 Å². The number of hydrogen-bond acceptors (Lipinski definition) is 3. The van der Waals surface area contributed by atoms with Gasteiger partial charge in [-0.2, -0.15) is 17.0 Å². The van der Waals surface area contributed by atoms with Crippen molar-refractivity contribution >= 4 is 11.8 Å². The minimum Gasteiger partial charge on any atom is -0.493 e. The summed E-state index contributed by atoms with van der Waals surface area (Å²) in [7, 11) is 0. The maximum atomic E-state index is 8.79. The number of hydrogen-bond donors (Lipinski definition) is 0. The number of aryl methyl sites for hydroxylation is 1. The number of nitriles is 1. The monoisotopic (exact) mass is 235 g/mol. The number of ether oxygens (including phenoxy) is 1. The fourth-order valence-electron chi connectivity index (χ4n) is 1.31. The van der Waals surface area contributed by atoms with E-state index in [9.17, 15) is 0 Å². The Morgan fingerprint density at radius 2 is 2.25 bits per heavy atom. The first-order valence-corrected chi connectivity index (χ1v) is 6.64. The molecular weight excluding hydrogens is 218 g/mol. The van der Waals surface area contributed by atoms with Gasteiger partial charge in [0, 0.05) is 0 Å². The fourth-order valence-corrected chi connectivity index (χ4v) is 1.92. The minimum absolute atomic E-state index is 0.656. The van der Waals surface area contributed by atoms with Crippen molar-refractivity contribution in [3.63, 3.8) is 0 Å². The molecule has 0 aliphatic carbocycles. The molecule has 0 aromatic heterocycles. The molecule has 0 atom stereocenters. The molecule has 0 aliphatic rings.